The smallest absolute Gasteiger partial charge is 0.342 e. The number of nitrogens with zero attached hydrogens (tertiary/aromatic N) is 4. The van der Waals surface area contributed by atoms with Gasteiger partial charge in [-0.05, 0) is 12.1 Å². The first-order chi connectivity index (χ1) is 8.99. The second kappa shape index (κ2) is 5.75. The Morgan fingerprint density at radius 3 is 2.53 bits per heavy atom. The van der Waals surface area contributed by atoms with Crippen LogP contribution in [-0.2, 0) is 0 Å². The molecule has 0 aliphatic rings. The van der Waals surface area contributed by atoms with Crippen LogP contribution in [0.3, 0.4) is 0 Å². The standard InChI is InChI=1S/C10H5N5O4/c11-4-7(5-12)14-13-6-1-2-8(10(16)17)9(3-6)15(18)19/h1-3,13H,(H,16,17). The second-order valence-corrected chi connectivity index (χ2v) is 3.09. The summed E-state index contributed by atoms with van der Waals surface area (Å²) in [5.41, 5.74) is 0.775. The monoisotopic (exact) mass is 259 g/mol. The lowest BCUT2D eigenvalue weighted by molar-refractivity contribution is -0.385. The first-order valence-corrected chi connectivity index (χ1v) is 4.65. The van der Waals surface area contributed by atoms with Crippen molar-refractivity contribution in [1.82, 2.24) is 0 Å². The first-order valence-electron chi connectivity index (χ1n) is 4.65. The quantitative estimate of drug-likeness (QED) is 0.466. The van der Waals surface area contributed by atoms with E-state index >= 15 is 0 Å². The second-order valence-electron chi connectivity index (χ2n) is 3.09. The van der Waals surface area contributed by atoms with Gasteiger partial charge in [0.1, 0.15) is 17.7 Å². The van der Waals surface area contributed by atoms with Gasteiger partial charge in [-0.15, -0.1) is 0 Å². The summed E-state index contributed by atoms with van der Waals surface area (Å²) in [7, 11) is 0. The minimum Gasteiger partial charge on any atom is -0.477 e. The fraction of sp³-hybridized carbons (Fsp3) is 0. The third-order valence-corrected chi connectivity index (χ3v) is 1.93. The topological polar surface area (TPSA) is 152 Å². The highest BCUT2D eigenvalue weighted by atomic mass is 16.6. The number of hydrazone groups is 1. The summed E-state index contributed by atoms with van der Waals surface area (Å²) >= 11 is 0. The van der Waals surface area contributed by atoms with Crippen LogP contribution in [0.2, 0.25) is 0 Å². The average molecular weight is 259 g/mol. The lowest BCUT2D eigenvalue weighted by atomic mass is 10.1. The summed E-state index contributed by atoms with van der Waals surface area (Å²) in [5, 5.41) is 39.7. The normalized spacial score (nSPS) is 8.74. The van der Waals surface area contributed by atoms with Gasteiger partial charge in [0.15, 0.2) is 0 Å². The van der Waals surface area contributed by atoms with Crippen molar-refractivity contribution in [3.05, 3.63) is 33.9 Å². The largest absolute Gasteiger partial charge is 0.477 e. The number of hydrogen-bond acceptors (Lipinski definition) is 7. The van der Waals surface area contributed by atoms with Gasteiger partial charge in [0.25, 0.3) is 5.69 Å². The van der Waals surface area contributed by atoms with Crippen LogP contribution in [-0.4, -0.2) is 21.7 Å². The predicted molar refractivity (Wildman–Crippen MR) is 62.3 cm³/mol. The number of nitrogens with one attached hydrogen (secondary N) is 1. The van der Waals surface area contributed by atoms with Crippen LogP contribution in [0.15, 0.2) is 23.3 Å². The number of benzene rings is 1. The Morgan fingerprint density at radius 1 is 1.42 bits per heavy atom. The number of nitro benzene ring substituents is 1. The van der Waals surface area contributed by atoms with Crippen molar-refractivity contribution in [2.45, 2.75) is 0 Å². The number of nitro groups is 1. The van der Waals surface area contributed by atoms with E-state index in [1.807, 2.05) is 0 Å². The van der Waals surface area contributed by atoms with Gasteiger partial charge >= 0.3 is 5.97 Å². The average Bonchev–Trinajstić information content (AvgIpc) is 2.39. The van der Waals surface area contributed by atoms with Crippen molar-refractivity contribution < 1.29 is 14.8 Å². The van der Waals surface area contributed by atoms with E-state index in [0.717, 1.165) is 12.1 Å². The fourth-order valence-electron chi connectivity index (χ4n) is 1.13. The number of rotatable bonds is 4. The Hall–Kier alpha value is -3.46. The fourth-order valence-corrected chi connectivity index (χ4v) is 1.13. The molecule has 1 aromatic rings. The van der Waals surface area contributed by atoms with E-state index in [2.05, 4.69) is 10.5 Å². The Labute approximate surface area is 106 Å². The summed E-state index contributed by atoms with van der Waals surface area (Å²) in [6, 6.07) is 6.17. The highest BCUT2D eigenvalue weighted by molar-refractivity contribution is 6.10. The van der Waals surface area contributed by atoms with Gasteiger partial charge < -0.3 is 5.11 Å². The van der Waals surface area contributed by atoms with Crippen molar-refractivity contribution in [2.75, 3.05) is 5.43 Å². The number of carboxylic acid groups (broad SMARTS) is 1. The molecule has 94 valence electrons. The van der Waals surface area contributed by atoms with Crippen LogP contribution in [0.4, 0.5) is 11.4 Å². The summed E-state index contributed by atoms with van der Waals surface area (Å²) in [6.07, 6.45) is 0. The van der Waals surface area contributed by atoms with E-state index in [1.54, 1.807) is 0 Å². The zero-order chi connectivity index (χ0) is 14.4. The Bertz CT molecular complexity index is 637. The molecule has 0 saturated heterocycles. The molecule has 0 fully saturated rings. The number of nitriles is 2. The van der Waals surface area contributed by atoms with E-state index in [9.17, 15) is 14.9 Å². The zero-order valence-corrected chi connectivity index (χ0v) is 9.19. The molecule has 2 N–H and O–H groups in total. The van der Waals surface area contributed by atoms with Crippen molar-refractivity contribution in [2.24, 2.45) is 5.10 Å². The Morgan fingerprint density at radius 2 is 2.05 bits per heavy atom. The molecule has 0 aliphatic carbocycles. The minimum absolute atomic E-state index is 0.0831. The first kappa shape index (κ1) is 13.6. The van der Waals surface area contributed by atoms with E-state index in [-0.39, 0.29) is 5.69 Å². The molecule has 0 aliphatic heterocycles. The summed E-state index contributed by atoms with van der Waals surface area (Å²) in [6.45, 7) is 0. The van der Waals surface area contributed by atoms with Gasteiger partial charge in [0.05, 0.1) is 10.6 Å². The van der Waals surface area contributed by atoms with Crippen LogP contribution < -0.4 is 5.43 Å². The third kappa shape index (κ3) is 3.25. The third-order valence-electron chi connectivity index (χ3n) is 1.93. The molecule has 0 aromatic heterocycles. The Kier molecular flexibility index (Phi) is 4.11. The van der Waals surface area contributed by atoms with Gasteiger partial charge in [-0.25, -0.2) is 4.79 Å². The molecular formula is C10H5N5O4. The molecule has 19 heavy (non-hydrogen) atoms. The zero-order valence-electron chi connectivity index (χ0n) is 9.19. The molecule has 0 bridgehead atoms. The van der Waals surface area contributed by atoms with Crippen molar-refractivity contribution in [1.29, 1.82) is 10.5 Å². The number of hydrogen-bond donors (Lipinski definition) is 2. The maximum Gasteiger partial charge on any atom is 0.342 e. The molecule has 9 heteroatoms. The summed E-state index contributed by atoms with van der Waals surface area (Å²) in [5.74, 6) is -1.43. The van der Waals surface area contributed by atoms with Crippen molar-refractivity contribution >= 4 is 23.1 Å². The minimum atomic E-state index is -1.43. The lowest BCUT2D eigenvalue weighted by Gasteiger charge is -2.02. The SMILES string of the molecule is N#CC(C#N)=NNc1ccc(C(=O)O)c([N+](=O)[O-])c1. The van der Waals surface area contributed by atoms with Gasteiger partial charge in [-0.3, -0.25) is 15.5 Å². The van der Waals surface area contributed by atoms with Crippen LogP contribution in [0.1, 0.15) is 10.4 Å². The van der Waals surface area contributed by atoms with Gasteiger partial charge in [0, 0.05) is 6.07 Å². The van der Waals surface area contributed by atoms with Crippen LogP contribution in [0, 0.1) is 32.8 Å². The molecule has 0 spiro atoms. The molecular weight excluding hydrogens is 254 g/mol. The lowest BCUT2D eigenvalue weighted by Crippen LogP contribution is -2.04. The maximum atomic E-state index is 10.8. The predicted octanol–water partition coefficient (Wildman–Crippen LogP) is 1.11. The highest BCUT2D eigenvalue weighted by Crippen LogP contribution is 2.23. The number of carboxylic acids is 1. The maximum absolute atomic E-state index is 10.8. The van der Waals surface area contributed by atoms with E-state index < -0.39 is 27.9 Å². The van der Waals surface area contributed by atoms with E-state index in [1.165, 1.54) is 18.2 Å². The summed E-state index contributed by atoms with van der Waals surface area (Å²) in [4.78, 5) is 20.6. The molecule has 0 unspecified atom stereocenters. The number of aromatic carboxylic acids is 1. The molecule has 0 amide bonds. The van der Waals surface area contributed by atoms with E-state index in [4.69, 9.17) is 15.6 Å². The Balaban J connectivity index is 3.15. The molecule has 1 rings (SSSR count). The van der Waals surface area contributed by atoms with Crippen molar-refractivity contribution in [3.8, 4) is 12.1 Å². The number of carbonyl (C=O) groups is 1. The molecule has 9 nitrogen and oxygen atoms in total. The molecule has 0 saturated carbocycles. The summed E-state index contributed by atoms with van der Waals surface area (Å²) < 4.78 is 0. The van der Waals surface area contributed by atoms with Gasteiger partial charge in [-0.1, -0.05) is 0 Å². The molecule has 1 aromatic carbocycles. The molecule has 0 heterocycles. The van der Waals surface area contributed by atoms with Gasteiger partial charge in [0.2, 0.25) is 5.71 Å². The highest BCUT2D eigenvalue weighted by Gasteiger charge is 2.19. The van der Waals surface area contributed by atoms with Crippen molar-refractivity contribution in [3.63, 3.8) is 0 Å². The van der Waals surface area contributed by atoms with Gasteiger partial charge in [-0.2, -0.15) is 15.6 Å². The van der Waals surface area contributed by atoms with Crippen LogP contribution in [0.25, 0.3) is 0 Å². The number of anilines is 1. The van der Waals surface area contributed by atoms with Crippen LogP contribution in [0.5, 0.6) is 0 Å². The molecule has 0 radical (unpaired) electrons. The van der Waals surface area contributed by atoms with Crippen LogP contribution >= 0.6 is 0 Å². The van der Waals surface area contributed by atoms with E-state index in [0.29, 0.717) is 0 Å². The molecule has 0 atom stereocenters.